The topological polar surface area (TPSA) is 27.3 Å². The molecule has 3 heteroatoms. The van der Waals surface area contributed by atoms with Crippen molar-refractivity contribution in [2.24, 2.45) is 5.92 Å². The summed E-state index contributed by atoms with van der Waals surface area (Å²) >= 11 is 0. The van der Waals surface area contributed by atoms with E-state index in [4.69, 9.17) is 0 Å². The van der Waals surface area contributed by atoms with Crippen LogP contribution >= 0.6 is 0 Å². The molecule has 3 nitrogen and oxygen atoms in total. The lowest BCUT2D eigenvalue weighted by molar-refractivity contribution is 0.166. The van der Waals surface area contributed by atoms with Gasteiger partial charge in [0.05, 0.1) is 0 Å². The zero-order valence-corrected chi connectivity index (χ0v) is 14.1. The second-order valence-electron chi connectivity index (χ2n) is 7.77. The van der Waals surface area contributed by atoms with Crippen molar-refractivity contribution in [3.8, 4) is 0 Å². The highest BCUT2D eigenvalue weighted by molar-refractivity contribution is 4.92. The van der Waals surface area contributed by atoms with E-state index in [1.807, 2.05) is 0 Å². The molecule has 0 aromatic heterocycles. The fourth-order valence-electron chi connectivity index (χ4n) is 4.45. The molecule has 3 fully saturated rings. The maximum atomic E-state index is 3.95. The zero-order valence-electron chi connectivity index (χ0n) is 14.1. The molecule has 21 heavy (non-hydrogen) atoms. The quantitative estimate of drug-likeness (QED) is 0.788. The molecule has 0 radical (unpaired) electrons. The van der Waals surface area contributed by atoms with Gasteiger partial charge in [0.15, 0.2) is 0 Å². The Morgan fingerprint density at radius 3 is 2.52 bits per heavy atom. The average Bonchev–Trinajstić information content (AvgIpc) is 3.38. The van der Waals surface area contributed by atoms with Gasteiger partial charge in [-0.05, 0) is 65.0 Å². The minimum Gasteiger partial charge on any atom is -0.314 e. The number of hydrogen-bond acceptors (Lipinski definition) is 3. The van der Waals surface area contributed by atoms with Crippen LogP contribution in [0.3, 0.4) is 0 Å². The van der Waals surface area contributed by atoms with Gasteiger partial charge in [-0.3, -0.25) is 4.90 Å². The molecule has 0 bridgehead atoms. The first kappa shape index (κ1) is 15.8. The van der Waals surface area contributed by atoms with Crippen molar-refractivity contribution >= 4 is 0 Å². The molecular weight excluding hydrogens is 258 g/mol. The van der Waals surface area contributed by atoms with Crippen molar-refractivity contribution in [2.45, 2.75) is 88.9 Å². The largest absolute Gasteiger partial charge is 0.314 e. The summed E-state index contributed by atoms with van der Waals surface area (Å²) < 4.78 is 0. The van der Waals surface area contributed by atoms with Crippen LogP contribution in [0, 0.1) is 5.92 Å². The third-order valence-electron chi connectivity index (χ3n) is 6.18. The number of nitrogens with one attached hydrogen (secondary N) is 2. The van der Waals surface area contributed by atoms with E-state index >= 15 is 0 Å². The molecule has 0 aromatic carbocycles. The molecule has 0 spiro atoms. The number of rotatable bonds is 6. The van der Waals surface area contributed by atoms with Gasteiger partial charge in [0, 0.05) is 30.7 Å². The van der Waals surface area contributed by atoms with Crippen LogP contribution in [0.1, 0.15) is 64.7 Å². The Morgan fingerprint density at radius 2 is 1.81 bits per heavy atom. The van der Waals surface area contributed by atoms with Gasteiger partial charge in [-0.25, -0.2) is 0 Å². The van der Waals surface area contributed by atoms with E-state index in [1.165, 1.54) is 70.9 Å². The molecule has 0 aromatic rings. The lowest BCUT2D eigenvalue weighted by Gasteiger charge is -2.40. The first-order chi connectivity index (χ1) is 10.3. The van der Waals surface area contributed by atoms with E-state index in [9.17, 15) is 0 Å². The summed E-state index contributed by atoms with van der Waals surface area (Å²) in [5, 5.41) is 7.76. The first-order valence-electron chi connectivity index (χ1n) is 9.44. The van der Waals surface area contributed by atoms with E-state index in [0.29, 0.717) is 6.04 Å². The third-order valence-corrected chi connectivity index (χ3v) is 6.18. The van der Waals surface area contributed by atoms with E-state index in [-0.39, 0.29) is 0 Å². The van der Waals surface area contributed by atoms with Crippen LogP contribution in [0.4, 0.5) is 0 Å². The second kappa shape index (κ2) is 7.43. The molecule has 0 amide bonds. The van der Waals surface area contributed by atoms with Gasteiger partial charge in [0.1, 0.15) is 0 Å². The summed E-state index contributed by atoms with van der Waals surface area (Å²) in [4.78, 5) is 2.59. The Bertz CT molecular complexity index is 310. The summed E-state index contributed by atoms with van der Waals surface area (Å²) in [6.45, 7) is 4.80. The summed E-state index contributed by atoms with van der Waals surface area (Å²) in [5.74, 6) is 0.873. The van der Waals surface area contributed by atoms with Crippen LogP contribution in [0.25, 0.3) is 0 Å². The third kappa shape index (κ3) is 4.20. The minimum absolute atomic E-state index is 0.680. The zero-order chi connectivity index (χ0) is 14.7. The van der Waals surface area contributed by atoms with Crippen molar-refractivity contribution in [3.63, 3.8) is 0 Å². The maximum Gasteiger partial charge on any atom is 0.0192 e. The van der Waals surface area contributed by atoms with Crippen molar-refractivity contribution in [1.29, 1.82) is 0 Å². The van der Waals surface area contributed by atoms with Crippen LogP contribution in [-0.2, 0) is 0 Å². The van der Waals surface area contributed by atoms with E-state index in [2.05, 4.69) is 29.5 Å². The Hall–Kier alpha value is -0.120. The van der Waals surface area contributed by atoms with Crippen molar-refractivity contribution in [2.75, 3.05) is 20.1 Å². The normalized spacial score (nSPS) is 35.9. The van der Waals surface area contributed by atoms with E-state index in [1.54, 1.807) is 0 Å². The van der Waals surface area contributed by atoms with E-state index < -0.39 is 0 Å². The van der Waals surface area contributed by atoms with Crippen LogP contribution < -0.4 is 10.6 Å². The smallest absolute Gasteiger partial charge is 0.0192 e. The van der Waals surface area contributed by atoms with Gasteiger partial charge in [0.25, 0.3) is 0 Å². The predicted octanol–water partition coefficient (Wildman–Crippen LogP) is 2.76. The monoisotopic (exact) mass is 293 g/mol. The van der Waals surface area contributed by atoms with Crippen LogP contribution in [0.15, 0.2) is 0 Å². The van der Waals surface area contributed by atoms with Crippen LogP contribution in [0.2, 0.25) is 0 Å². The highest BCUT2D eigenvalue weighted by Gasteiger charge is 2.33. The Labute approximate surface area is 131 Å². The Kier molecular flexibility index (Phi) is 5.58. The predicted molar refractivity (Wildman–Crippen MR) is 89.6 cm³/mol. The van der Waals surface area contributed by atoms with Gasteiger partial charge in [-0.1, -0.05) is 19.3 Å². The van der Waals surface area contributed by atoms with Gasteiger partial charge >= 0.3 is 0 Å². The molecule has 3 aliphatic rings. The SMILES string of the molecule is CC(CNC1CCCCC1C1CCCCN1)N(C)C1CC1. The van der Waals surface area contributed by atoms with E-state index in [0.717, 1.165) is 24.0 Å². The molecule has 2 N–H and O–H groups in total. The van der Waals surface area contributed by atoms with Gasteiger partial charge < -0.3 is 10.6 Å². The fraction of sp³-hybridized carbons (Fsp3) is 1.00. The first-order valence-corrected chi connectivity index (χ1v) is 9.44. The standard InChI is InChI=1S/C18H35N3/c1-14(21(2)15-10-11-15)13-20-18-8-4-3-7-16(18)17-9-5-6-12-19-17/h14-20H,3-13H2,1-2H3. The maximum absolute atomic E-state index is 3.95. The minimum atomic E-state index is 0.680. The molecule has 122 valence electrons. The van der Waals surface area contributed by atoms with Crippen molar-refractivity contribution in [1.82, 2.24) is 15.5 Å². The molecule has 4 unspecified atom stereocenters. The lowest BCUT2D eigenvalue weighted by Crippen LogP contribution is -2.52. The number of hydrogen-bond donors (Lipinski definition) is 2. The van der Waals surface area contributed by atoms with Gasteiger partial charge in [-0.2, -0.15) is 0 Å². The number of piperidine rings is 1. The van der Waals surface area contributed by atoms with Crippen molar-refractivity contribution < 1.29 is 0 Å². The van der Waals surface area contributed by atoms with Crippen LogP contribution in [0.5, 0.6) is 0 Å². The molecule has 2 aliphatic carbocycles. The number of likely N-dealkylation sites (N-methyl/N-ethyl adjacent to an activating group) is 1. The molecule has 1 aliphatic heterocycles. The number of nitrogens with zero attached hydrogens (tertiary/aromatic N) is 1. The molecule has 3 rings (SSSR count). The fourth-order valence-corrected chi connectivity index (χ4v) is 4.45. The lowest BCUT2D eigenvalue weighted by atomic mass is 9.77. The highest BCUT2D eigenvalue weighted by Crippen LogP contribution is 2.31. The molecule has 1 saturated heterocycles. The Morgan fingerprint density at radius 1 is 1.05 bits per heavy atom. The summed E-state index contributed by atoms with van der Waals surface area (Å²) in [5.41, 5.74) is 0. The molecule has 4 atom stereocenters. The summed E-state index contributed by atoms with van der Waals surface area (Å²) in [6, 6.07) is 3.10. The highest BCUT2D eigenvalue weighted by atomic mass is 15.2. The van der Waals surface area contributed by atoms with Gasteiger partial charge in [-0.15, -0.1) is 0 Å². The Balaban J connectivity index is 1.49. The molecular formula is C18H35N3. The molecule has 1 heterocycles. The second-order valence-corrected chi connectivity index (χ2v) is 7.77. The van der Waals surface area contributed by atoms with Crippen molar-refractivity contribution in [3.05, 3.63) is 0 Å². The summed E-state index contributed by atoms with van der Waals surface area (Å²) in [7, 11) is 2.31. The average molecular weight is 293 g/mol. The molecule has 2 saturated carbocycles. The van der Waals surface area contributed by atoms with Crippen LogP contribution in [-0.4, -0.2) is 49.2 Å². The summed E-state index contributed by atoms with van der Waals surface area (Å²) in [6.07, 6.45) is 12.7. The van der Waals surface area contributed by atoms with Gasteiger partial charge in [0.2, 0.25) is 0 Å².